The molecule has 1 aromatic rings. The van der Waals surface area contributed by atoms with Gasteiger partial charge in [-0.25, -0.2) is 0 Å². The Morgan fingerprint density at radius 1 is 1.42 bits per heavy atom. The molecular formula is C10H12N2. The van der Waals surface area contributed by atoms with Crippen molar-refractivity contribution in [3.05, 3.63) is 29.6 Å². The Hall–Kier alpha value is -0.890. The van der Waals surface area contributed by atoms with Gasteiger partial charge in [-0.05, 0) is 31.5 Å². The first-order valence-corrected chi connectivity index (χ1v) is 4.54. The average molecular weight is 160 g/mol. The number of fused-ring (bicyclic) bond motifs is 5. The van der Waals surface area contributed by atoms with Crippen molar-refractivity contribution < 1.29 is 0 Å². The number of hydrogen-bond acceptors (Lipinski definition) is 2. The van der Waals surface area contributed by atoms with E-state index in [1.165, 1.54) is 24.1 Å². The highest BCUT2D eigenvalue weighted by Crippen LogP contribution is 2.50. The Kier molecular flexibility index (Phi) is 1.14. The second kappa shape index (κ2) is 2.07. The van der Waals surface area contributed by atoms with Crippen LogP contribution in [0.25, 0.3) is 0 Å². The highest BCUT2D eigenvalue weighted by molar-refractivity contribution is 5.34. The monoisotopic (exact) mass is 160 g/mol. The molecule has 2 aliphatic heterocycles. The summed E-state index contributed by atoms with van der Waals surface area (Å²) in [5.74, 6) is 0. The summed E-state index contributed by atoms with van der Waals surface area (Å²) in [6, 6.07) is 5.56. The molecule has 1 aromatic heterocycles. The number of aromatic nitrogens is 1. The number of hydrogen-bond donors (Lipinski definition) is 0. The van der Waals surface area contributed by atoms with Gasteiger partial charge in [0.05, 0.1) is 11.7 Å². The maximum absolute atomic E-state index is 4.45. The lowest BCUT2D eigenvalue weighted by molar-refractivity contribution is 0.278. The van der Waals surface area contributed by atoms with Gasteiger partial charge < -0.3 is 0 Å². The number of rotatable bonds is 0. The first kappa shape index (κ1) is 6.61. The molecule has 2 bridgehead atoms. The standard InChI is InChI=1S/C10H12N2/c1-12-8-4-5-9(12)10-7(8)3-2-6-11-10/h2-3,6,8-9H,4-5H2,1H3. The summed E-state index contributed by atoms with van der Waals surface area (Å²) in [5, 5.41) is 0. The van der Waals surface area contributed by atoms with Crippen LogP contribution in [-0.4, -0.2) is 16.9 Å². The molecule has 3 rings (SSSR count). The lowest BCUT2D eigenvalue weighted by atomic mass is 9.96. The molecule has 0 saturated carbocycles. The molecule has 0 aromatic carbocycles. The van der Waals surface area contributed by atoms with Crippen molar-refractivity contribution in [1.29, 1.82) is 0 Å². The van der Waals surface area contributed by atoms with Gasteiger partial charge in [0.2, 0.25) is 0 Å². The Morgan fingerprint density at radius 3 is 3.08 bits per heavy atom. The zero-order valence-electron chi connectivity index (χ0n) is 7.20. The zero-order chi connectivity index (χ0) is 8.13. The highest BCUT2D eigenvalue weighted by Gasteiger charge is 2.42. The smallest absolute Gasteiger partial charge is 0.0623 e. The van der Waals surface area contributed by atoms with Crippen molar-refractivity contribution in [2.45, 2.75) is 24.9 Å². The molecule has 62 valence electrons. The molecule has 0 radical (unpaired) electrons. The Balaban J connectivity index is 2.21. The molecule has 2 unspecified atom stereocenters. The molecule has 1 fully saturated rings. The molecule has 3 heterocycles. The molecule has 2 nitrogen and oxygen atoms in total. The first-order chi connectivity index (χ1) is 5.88. The van der Waals surface area contributed by atoms with Gasteiger partial charge in [0, 0.05) is 12.2 Å². The molecule has 2 atom stereocenters. The third-order valence-corrected chi connectivity index (χ3v) is 3.24. The lowest BCUT2D eigenvalue weighted by Gasteiger charge is -2.13. The lowest BCUT2D eigenvalue weighted by Crippen LogP contribution is -2.12. The summed E-state index contributed by atoms with van der Waals surface area (Å²) in [5.41, 5.74) is 2.80. The van der Waals surface area contributed by atoms with Crippen molar-refractivity contribution in [2.24, 2.45) is 0 Å². The maximum atomic E-state index is 4.45. The zero-order valence-corrected chi connectivity index (χ0v) is 7.20. The minimum Gasteiger partial charge on any atom is -0.291 e. The van der Waals surface area contributed by atoms with Crippen LogP contribution in [0.4, 0.5) is 0 Å². The Labute approximate surface area is 72.2 Å². The summed E-state index contributed by atoms with van der Waals surface area (Å²) in [6.45, 7) is 0. The minimum atomic E-state index is 0.617. The summed E-state index contributed by atoms with van der Waals surface area (Å²) >= 11 is 0. The van der Waals surface area contributed by atoms with Crippen molar-refractivity contribution in [1.82, 2.24) is 9.88 Å². The molecule has 2 heteroatoms. The molecular weight excluding hydrogens is 148 g/mol. The second-order valence-electron chi connectivity index (χ2n) is 3.75. The van der Waals surface area contributed by atoms with Crippen LogP contribution >= 0.6 is 0 Å². The van der Waals surface area contributed by atoms with Crippen LogP contribution in [0.1, 0.15) is 36.2 Å². The minimum absolute atomic E-state index is 0.617. The van der Waals surface area contributed by atoms with E-state index in [2.05, 4.69) is 23.0 Å². The second-order valence-corrected chi connectivity index (χ2v) is 3.75. The van der Waals surface area contributed by atoms with Gasteiger partial charge >= 0.3 is 0 Å². The van der Waals surface area contributed by atoms with Gasteiger partial charge in [0.1, 0.15) is 0 Å². The van der Waals surface area contributed by atoms with E-state index in [4.69, 9.17) is 0 Å². The van der Waals surface area contributed by atoms with Gasteiger partial charge in [-0.2, -0.15) is 0 Å². The van der Waals surface area contributed by atoms with Gasteiger partial charge in [-0.3, -0.25) is 9.88 Å². The van der Waals surface area contributed by atoms with Crippen LogP contribution in [0.2, 0.25) is 0 Å². The number of nitrogens with zero attached hydrogens (tertiary/aromatic N) is 2. The van der Waals surface area contributed by atoms with Gasteiger partial charge in [0.25, 0.3) is 0 Å². The highest BCUT2D eigenvalue weighted by atomic mass is 15.2. The predicted octanol–water partition coefficient (Wildman–Crippen LogP) is 1.90. The normalized spacial score (nSPS) is 32.4. The van der Waals surface area contributed by atoms with Crippen LogP contribution in [0, 0.1) is 0 Å². The van der Waals surface area contributed by atoms with E-state index < -0.39 is 0 Å². The molecule has 2 aliphatic rings. The van der Waals surface area contributed by atoms with Gasteiger partial charge in [0.15, 0.2) is 0 Å². The van der Waals surface area contributed by atoms with Crippen LogP contribution in [0.15, 0.2) is 18.3 Å². The summed E-state index contributed by atoms with van der Waals surface area (Å²) in [6.07, 6.45) is 4.53. The fourth-order valence-electron chi connectivity index (χ4n) is 2.63. The van der Waals surface area contributed by atoms with E-state index in [0.29, 0.717) is 12.1 Å². The summed E-state index contributed by atoms with van der Waals surface area (Å²) in [4.78, 5) is 6.91. The largest absolute Gasteiger partial charge is 0.291 e. The fraction of sp³-hybridized carbons (Fsp3) is 0.500. The average Bonchev–Trinajstić information content (AvgIpc) is 2.61. The van der Waals surface area contributed by atoms with E-state index in [1.807, 2.05) is 12.3 Å². The van der Waals surface area contributed by atoms with E-state index in [0.717, 1.165) is 0 Å². The quantitative estimate of drug-likeness (QED) is 0.576. The van der Waals surface area contributed by atoms with Crippen LogP contribution < -0.4 is 0 Å². The molecule has 0 amide bonds. The van der Waals surface area contributed by atoms with Crippen LogP contribution in [0.5, 0.6) is 0 Å². The molecule has 0 N–H and O–H groups in total. The first-order valence-electron chi connectivity index (χ1n) is 4.54. The molecule has 0 aliphatic carbocycles. The Morgan fingerprint density at radius 2 is 2.25 bits per heavy atom. The fourth-order valence-corrected chi connectivity index (χ4v) is 2.63. The third-order valence-electron chi connectivity index (χ3n) is 3.24. The Bertz CT molecular complexity index is 290. The van der Waals surface area contributed by atoms with Crippen LogP contribution in [0.3, 0.4) is 0 Å². The van der Waals surface area contributed by atoms with E-state index in [1.54, 1.807) is 0 Å². The summed E-state index contributed by atoms with van der Waals surface area (Å²) in [7, 11) is 2.21. The molecule has 1 saturated heterocycles. The SMILES string of the molecule is CN1C2CCC1c1ncccc12. The predicted molar refractivity (Wildman–Crippen MR) is 46.7 cm³/mol. The third kappa shape index (κ3) is 0.619. The van der Waals surface area contributed by atoms with Crippen molar-refractivity contribution >= 4 is 0 Å². The molecule has 0 spiro atoms. The topological polar surface area (TPSA) is 16.1 Å². The number of pyridine rings is 1. The van der Waals surface area contributed by atoms with E-state index >= 15 is 0 Å². The van der Waals surface area contributed by atoms with Crippen molar-refractivity contribution in [3.8, 4) is 0 Å². The van der Waals surface area contributed by atoms with E-state index in [-0.39, 0.29) is 0 Å². The molecule has 12 heavy (non-hydrogen) atoms. The van der Waals surface area contributed by atoms with Crippen molar-refractivity contribution in [2.75, 3.05) is 7.05 Å². The van der Waals surface area contributed by atoms with Crippen LogP contribution in [-0.2, 0) is 0 Å². The van der Waals surface area contributed by atoms with Gasteiger partial charge in [-0.15, -0.1) is 0 Å². The summed E-state index contributed by atoms with van der Waals surface area (Å²) < 4.78 is 0. The van der Waals surface area contributed by atoms with Crippen molar-refractivity contribution in [3.63, 3.8) is 0 Å². The van der Waals surface area contributed by atoms with E-state index in [9.17, 15) is 0 Å². The van der Waals surface area contributed by atoms with Gasteiger partial charge in [-0.1, -0.05) is 6.07 Å². The maximum Gasteiger partial charge on any atom is 0.0623 e.